The normalized spacial score (nSPS) is 18.6. The van der Waals surface area contributed by atoms with Crippen molar-refractivity contribution in [2.24, 2.45) is 5.92 Å². The molecule has 0 aromatic heterocycles. The molecular weight excluding hydrogens is 272 g/mol. The van der Waals surface area contributed by atoms with Crippen molar-refractivity contribution in [3.8, 4) is 0 Å². The number of amides is 1. The zero-order valence-electron chi connectivity index (χ0n) is 12.0. The SMILES string of the molecule is CCN1CCC(CNC(=O)c2ccc(N)c([N+](=O)[O-])c2)C1. The summed E-state index contributed by atoms with van der Waals surface area (Å²) in [5, 5.41) is 13.7. The van der Waals surface area contributed by atoms with Crippen molar-refractivity contribution in [3.05, 3.63) is 33.9 Å². The van der Waals surface area contributed by atoms with Gasteiger partial charge < -0.3 is 16.0 Å². The van der Waals surface area contributed by atoms with Crippen molar-refractivity contribution in [1.29, 1.82) is 0 Å². The number of hydrogen-bond donors (Lipinski definition) is 2. The minimum absolute atomic E-state index is 0.0610. The second-order valence-electron chi connectivity index (χ2n) is 5.29. The van der Waals surface area contributed by atoms with Crippen LogP contribution in [0.3, 0.4) is 0 Å². The standard InChI is InChI=1S/C14H20N4O3/c1-2-17-6-5-10(9-17)8-16-14(19)11-3-4-12(15)13(7-11)18(20)21/h3-4,7,10H,2,5-6,8-9,15H2,1H3,(H,16,19). The Hall–Kier alpha value is -2.15. The lowest BCUT2D eigenvalue weighted by molar-refractivity contribution is -0.383. The van der Waals surface area contributed by atoms with Crippen molar-refractivity contribution >= 4 is 17.3 Å². The molecule has 1 fully saturated rings. The fourth-order valence-corrected chi connectivity index (χ4v) is 2.55. The zero-order valence-corrected chi connectivity index (χ0v) is 12.0. The van der Waals surface area contributed by atoms with E-state index in [1.165, 1.54) is 18.2 Å². The molecule has 1 aromatic rings. The van der Waals surface area contributed by atoms with Crippen LogP contribution in [-0.4, -0.2) is 41.9 Å². The van der Waals surface area contributed by atoms with Crippen LogP contribution in [0.4, 0.5) is 11.4 Å². The van der Waals surface area contributed by atoms with E-state index in [2.05, 4.69) is 17.1 Å². The zero-order chi connectivity index (χ0) is 15.4. The molecule has 0 radical (unpaired) electrons. The highest BCUT2D eigenvalue weighted by atomic mass is 16.6. The van der Waals surface area contributed by atoms with Gasteiger partial charge >= 0.3 is 0 Å². The number of carbonyl (C=O) groups is 1. The van der Waals surface area contributed by atoms with Crippen molar-refractivity contribution < 1.29 is 9.72 Å². The van der Waals surface area contributed by atoms with E-state index < -0.39 is 4.92 Å². The Labute approximate surface area is 123 Å². The Morgan fingerprint density at radius 3 is 2.95 bits per heavy atom. The van der Waals surface area contributed by atoms with Crippen LogP contribution < -0.4 is 11.1 Å². The van der Waals surface area contributed by atoms with Gasteiger partial charge in [-0.3, -0.25) is 14.9 Å². The number of nitro groups is 1. The highest BCUT2D eigenvalue weighted by molar-refractivity contribution is 5.95. The fourth-order valence-electron chi connectivity index (χ4n) is 2.55. The number of anilines is 1. The predicted octanol–water partition coefficient (Wildman–Crippen LogP) is 1.25. The summed E-state index contributed by atoms with van der Waals surface area (Å²) in [5.41, 5.74) is 5.61. The number of nitrogen functional groups attached to an aromatic ring is 1. The third-order valence-electron chi connectivity index (χ3n) is 3.86. The first-order valence-electron chi connectivity index (χ1n) is 7.05. The quantitative estimate of drug-likeness (QED) is 0.483. The van der Waals surface area contributed by atoms with Crippen molar-refractivity contribution in [2.45, 2.75) is 13.3 Å². The van der Waals surface area contributed by atoms with Gasteiger partial charge in [-0.05, 0) is 37.6 Å². The number of nitrogens with one attached hydrogen (secondary N) is 1. The van der Waals surface area contributed by atoms with Gasteiger partial charge in [0, 0.05) is 24.7 Å². The summed E-state index contributed by atoms with van der Waals surface area (Å²) in [6.07, 6.45) is 1.07. The first-order valence-corrected chi connectivity index (χ1v) is 7.05. The molecule has 1 heterocycles. The van der Waals surface area contributed by atoms with Gasteiger partial charge in [0.2, 0.25) is 0 Å². The second-order valence-corrected chi connectivity index (χ2v) is 5.29. The van der Waals surface area contributed by atoms with E-state index in [-0.39, 0.29) is 22.8 Å². The maximum absolute atomic E-state index is 12.1. The molecule has 1 aromatic carbocycles. The summed E-state index contributed by atoms with van der Waals surface area (Å²) in [6, 6.07) is 4.11. The summed E-state index contributed by atoms with van der Waals surface area (Å²) < 4.78 is 0. The van der Waals surface area contributed by atoms with E-state index in [1.807, 2.05) is 0 Å². The number of nitrogens with zero attached hydrogens (tertiary/aromatic N) is 2. The van der Waals surface area contributed by atoms with E-state index in [0.29, 0.717) is 12.5 Å². The lowest BCUT2D eigenvalue weighted by Gasteiger charge is -2.13. The van der Waals surface area contributed by atoms with Crippen molar-refractivity contribution in [1.82, 2.24) is 10.2 Å². The summed E-state index contributed by atoms with van der Waals surface area (Å²) in [4.78, 5) is 24.6. The molecule has 1 saturated heterocycles. The summed E-state index contributed by atoms with van der Waals surface area (Å²) in [7, 11) is 0. The number of nitro benzene ring substituents is 1. The third-order valence-corrected chi connectivity index (χ3v) is 3.86. The molecule has 3 N–H and O–H groups in total. The van der Waals surface area contributed by atoms with Crippen molar-refractivity contribution in [3.63, 3.8) is 0 Å². The Morgan fingerprint density at radius 1 is 1.57 bits per heavy atom. The van der Waals surface area contributed by atoms with Crippen LogP contribution in [0.25, 0.3) is 0 Å². The highest BCUT2D eigenvalue weighted by Gasteiger charge is 2.22. The van der Waals surface area contributed by atoms with Gasteiger partial charge in [0.1, 0.15) is 5.69 Å². The molecule has 7 nitrogen and oxygen atoms in total. The molecule has 2 rings (SSSR count). The lowest BCUT2D eigenvalue weighted by atomic mass is 10.1. The lowest BCUT2D eigenvalue weighted by Crippen LogP contribution is -2.31. The second kappa shape index (κ2) is 6.53. The number of carbonyl (C=O) groups excluding carboxylic acids is 1. The molecular formula is C14H20N4O3. The molecule has 21 heavy (non-hydrogen) atoms. The van der Waals surface area contributed by atoms with Gasteiger partial charge in [-0.25, -0.2) is 0 Å². The number of benzene rings is 1. The van der Waals surface area contributed by atoms with E-state index in [1.54, 1.807) is 0 Å². The van der Waals surface area contributed by atoms with Crippen molar-refractivity contribution in [2.75, 3.05) is 31.9 Å². The van der Waals surface area contributed by atoms with Gasteiger partial charge in [-0.15, -0.1) is 0 Å². The molecule has 0 bridgehead atoms. The fraction of sp³-hybridized carbons (Fsp3) is 0.500. The van der Waals surface area contributed by atoms with E-state index in [9.17, 15) is 14.9 Å². The molecule has 1 amide bonds. The van der Waals surface area contributed by atoms with Gasteiger partial charge in [0.25, 0.3) is 11.6 Å². The van der Waals surface area contributed by atoms with Gasteiger partial charge in [0.05, 0.1) is 4.92 Å². The molecule has 114 valence electrons. The maximum atomic E-state index is 12.1. The molecule has 0 aliphatic carbocycles. The van der Waals surface area contributed by atoms with Crippen LogP contribution in [0.15, 0.2) is 18.2 Å². The summed E-state index contributed by atoms with van der Waals surface area (Å²) >= 11 is 0. The Balaban J connectivity index is 1.95. The molecule has 1 atom stereocenters. The van der Waals surface area contributed by atoms with Gasteiger partial charge in [0.15, 0.2) is 0 Å². The van der Waals surface area contributed by atoms with Crippen LogP contribution in [-0.2, 0) is 0 Å². The molecule has 0 spiro atoms. The molecule has 7 heteroatoms. The summed E-state index contributed by atoms with van der Waals surface area (Å²) in [6.45, 7) is 5.78. The number of rotatable bonds is 5. The third kappa shape index (κ3) is 3.69. The van der Waals surface area contributed by atoms with Crippen LogP contribution in [0.1, 0.15) is 23.7 Å². The van der Waals surface area contributed by atoms with E-state index in [4.69, 9.17) is 5.73 Å². The molecule has 0 saturated carbocycles. The highest BCUT2D eigenvalue weighted by Crippen LogP contribution is 2.22. The smallest absolute Gasteiger partial charge is 0.292 e. The minimum Gasteiger partial charge on any atom is -0.393 e. The number of likely N-dealkylation sites (tertiary alicyclic amines) is 1. The van der Waals surface area contributed by atoms with Crippen LogP contribution in [0, 0.1) is 16.0 Å². The Bertz CT molecular complexity index is 547. The molecule has 1 unspecified atom stereocenters. The molecule has 1 aliphatic rings. The average Bonchev–Trinajstić information content (AvgIpc) is 2.93. The first kappa shape index (κ1) is 15.2. The topological polar surface area (TPSA) is 102 Å². The predicted molar refractivity (Wildman–Crippen MR) is 80.1 cm³/mol. The number of nitrogens with two attached hydrogens (primary N) is 1. The Kier molecular flexibility index (Phi) is 4.74. The number of hydrogen-bond acceptors (Lipinski definition) is 5. The largest absolute Gasteiger partial charge is 0.393 e. The summed E-state index contributed by atoms with van der Waals surface area (Å²) in [5.74, 6) is 0.144. The van der Waals surface area contributed by atoms with Gasteiger partial charge in [-0.2, -0.15) is 0 Å². The van der Waals surface area contributed by atoms with Crippen LogP contribution >= 0.6 is 0 Å². The minimum atomic E-state index is -0.581. The van der Waals surface area contributed by atoms with E-state index >= 15 is 0 Å². The van der Waals surface area contributed by atoms with Gasteiger partial charge in [-0.1, -0.05) is 6.92 Å². The molecule has 1 aliphatic heterocycles. The Morgan fingerprint density at radius 2 is 2.33 bits per heavy atom. The van der Waals surface area contributed by atoms with Crippen LogP contribution in [0.2, 0.25) is 0 Å². The maximum Gasteiger partial charge on any atom is 0.292 e. The first-order chi connectivity index (χ1) is 10.0. The average molecular weight is 292 g/mol. The van der Waals surface area contributed by atoms with Crippen LogP contribution in [0.5, 0.6) is 0 Å². The monoisotopic (exact) mass is 292 g/mol. The van der Waals surface area contributed by atoms with E-state index in [0.717, 1.165) is 26.1 Å².